The van der Waals surface area contributed by atoms with Crippen molar-refractivity contribution in [3.05, 3.63) is 34.6 Å². The molecule has 5 atom stereocenters. The van der Waals surface area contributed by atoms with E-state index in [2.05, 4.69) is 19.2 Å². The van der Waals surface area contributed by atoms with Crippen LogP contribution in [0.25, 0.3) is 0 Å². The normalized spacial score (nSPS) is 38.4. The largest absolute Gasteiger partial charge is 0.373 e. The van der Waals surface area contributed by atoms with Crippen molar-refractivity contribution in [3.63, 3.8) is 0 Å². The molecule has 1 amide bonds. The number of halogens is 2. The summed E-state index contributed by atoms with van der Waals surface area (Å²) in [4.78, 5) is 11.9. The first-order chi connectivity index (χ1) is 11.8. The summed E-state index contributed by atoms with van der Waals surface area (Å²) in [7, 11) is 0. The minimum absolute atomic E-state index is 0.0293. The lowest BCUT2D eigenvalue weighted by molar-refractivity contribution is -0.135. The summed E-state index contributed by atoms with van der Waals surface area (Å²) in [6.45, 7) is 6.80. The van der Waals surface area contributed by atoms with E-state index < -0.39 is 0 Å². The van der Waals surface area contributed by atoms with E-state index >= 15 is 0 Å². The van der Waals surface area contributed by atoms with Crippen LogP contribution < -0.4 is 5.32 Å². The van der Waals surface area contributed by atoms with Gasteiger partial charge in [-0.15, -0.1) is 0 Å². The molecule has 2 bridgehead atoms. The molecule has 1 spiro atoms. The fourth-order valence-corrected chi connectivity index (χ4v) is 6.31. The van der Waals surface area contributed by atoms with Gasteiger partial charge in [-0.1, -0.05) is 31.5 Å². The minimum Gasteiger partial charge on any atom is -0.373 e. The maximum atomic E-state index is 13.5. The number of carbonyl (C=O) groups excluding carboxylic acids is 1. The van der Waals surface area contributed by atoms with Crippen molar-refractivity contribution in [1.82, 2.24) is 5.32 Å². The molecule has 3 fully saturated rings. The van der Waals surface area contributed by atoms with Crippen molar-refractivity contribution in [1.29, 1.82) is 0 Å². The molecule has 1 aromatic rings. The van der Waals surface area contributed by atoms with E-state index in [1.54, 1.807) is 13.0 Å². The molecule has 0 radical (unpaired) electrons. The number of carbonyl (C=O) groups is 1. The highest BCUT2D eigenvalue weighted by Crippen LogP contribution is 2.70. The van der Waals surface area contributed by atoms with Crippen LogP contribution in [0.15, 0.2) is 18.2 Å². The van der Waals surface area contributed by atoms with E-state index in [-0.39, 0.29) is 34.7 Å². The van der Waals surface area contributed by atoms with Gasteiger partial charge < -0.3 is 10.1 Å². The van der Waals surface area contributed by atoms with Gasteiger partial charge in [0.25, 0.3) is 0 Å². The van der Waals surface area contributed by atoms with E-state index in [0.717, 1.165) is 24.8 Å². The molecular weight excluding hydrogens is 341 g/mol. The van der Waals surface area contributed by atoms with Gasteiger partial charge >= 0.3 is 0 Å². The molecule has 2 aliphatic carbocycles. The topological polar surface area (TPSA) is 38.3 Å². The smallest absolute Gasteiger partial charge is 0.217 e. The predicted octanol–water partition coefficient (Wildman–Crippen LogP) is 4.50. The van der Waals surface area contributed by atoms with Gasteiger partial charge in [0, 0.05) is 24.6 Å². The predicted molar refractivity (Wildman–Crippen MR) is 94.8 cm³/mol. The molecule has 3 aliphatic rings. The molecule has 0 aromatic heterocycles. The number of fused-ring (bicyclic) bond motifs is 1. The second kappa shape index (κ2) is 5.68. The second-order valence-electron chi connectivity index (χ2n) is 8.64. The molecule has 25 heavy (non-hydrogen) atoms. The van der Waals surface area contributed by atoms with E-state index in [9.17, 15) is 9.18 Å². The molecule has 3 nitrogen and oxygen atoms in total. The van der Waals surface area contributed by atoms with E-state index in [1.165, 1.54) is 12.1 Å². The number of hydrogen-bond donors (Lipinski definition) is 1. The number of benzene rings is 1. The summed E-state index contributed by atoms with van der Waals surface area (Å²) < 4.78 is 19.6. The lowest BCUT2D eigenvalue weighted by Gasteiger charge is -2.53. The third-order valence-electron chi connectivity index (χ3n) is 7.12. The van der Waals surface area contributed by atoms with Crippen LogP contribution in [-0.4, -0.2) is 18.6 Å². The highest BCUT2D eigenvalue weighted by Gasteiger charge is 2.68. The molecule has 0 unspecified atom stereocenters. The van der Waals surface area contributed by atoms with Crippen LogP contribution in [0.3, 0.4) is 0 Å². The van der Waals surface area contributed by atoms with Crippen molar-refractivity contribution in [3.8, 4) is 0 Å². The highest BCUT2D eigenvalue weighted by molar-refractivity contribution is 6.31. The first kappa shape index (κ1) is 17.3. The van der Waals surface area contributed by atoms with Gasteiger partial charge in [-0.3, -0.25) is 4.79 Å². The van der Waals surface area contributed by atoms with Crippen molar-refractivity contribution in [2.75, 3.05) is 6.61 Å². The van der Waals surface area contributed by atoms with Crippen LogP contribution >= 0.6 is 11.6 Å². The average Bonchev–Trinajstić information content (AvgIpc) is 3.00. The molecule has 1 saturated heterocycles. The third-order valence-corrected chi connectivity index (χ3v) is 7.45. The Morgan fingerprint density at radius 2 is 2.16 bits per heavy atom. The Labute approximate surface area is 153 Å². The molecular formula is C20H25ClFNO2. The van der Waals surface area contributed by atoms with Crippen molar-refractivity contribution in [2.24, 2.45) is 22.7 Å². The van der Waals surface area contributed by atoms with Gasteiger partial charge in [-0.05, 0) is 59.6 Å². The van der Waals surface area contributed by atoms with Crippen molar-refractivity contribution < 1.29 is 13.9 Å². The molecule has 1 aliphatic heterocycles. The van der Waals surface area contributed by atoms with Gasteiger partial charge in [-0.25, -0.2) is 4.39 Å². The summed E-state index contributed by atoms with van der Waals surface area (Å²) in [6.07, 6.45) is 3.02. The van der Waals surface area contributed by atoms with Crippen LogP contribution in [0, 0.1) is 28.5 Å². The van der Waals surface area contributed by atoms with E-state index in [0.29, 0.717) is 23.5 Å². The fourth-order valence-electron chi connectivity index (χ4n) is 6.03. The Bertz CT molecular complexity index is 722. The van der Waals surface area contributed by atoms with Gasteiger partial charge in [0.2, 0.25) is 5.91 Å². The summed E-state index contributed by atoms with van der Waals surface area (Å²) in [6, 6.07) is 4.72. The molecule has 5 heteroatoms. The number of hydrogen-bond acceptors (Lipinski definition) is 2. The number of ether oxygens (including phenoxy) is 1. The summed E-state index contributed by atoms with van der Waals surface area (Å²) in [5, 5.41) is 3.69. The lowest BCUT2D eigenvalue weighted by Crippen LogP contribution is -2.58. The number of nitrogens with one attached hydrogen (secondary N) is 1. The zero-order valence-corrected chi connectivity index (χ0v) is 15.7. The molecule has 1 N–H and O–H groups in total. The van der Waals surface area contributed by atoms with Crippen LogP contribution in [0.4, 0.5) is 4.39 Å². The molecule has 1 aromatic carbocycles. The lowest BCUT2D eigenvalue weighted by atomic mass is 9.59. The minimum atomic E-state index is -0.329. The Hall–Kier alpha value is -1.13. The first-order valence-electron chi connectivity index (χ1n) is 9.09. The van der Waals surface area contributed by atoms with Crippen LogP contribution in [-0.2, 0) is 9.53 Å². The van der Waals surface area contributed by atoms with Crippen molar-refractivity contribution in [2.45, 2.75) is 52.2 Å². The molecule has 2 saturated carbocycles. The summed E-state index contributed by atoms with van der Waals surface area (Å²) in [5.74, 6) is 0.558. The second-order valence-corrected chi connectivity index (χ2v) is 9.05. The van der Waals surface area contributed by atoms with Gasteiger partial charge in [-0.2, -0.15) is 0 Å². The number of amides is 1. The maximum Gasteiger partial charge on any atom is 0.217 e. The van der Waals surface area contributed by atoms with Gasteiger partial charge in [0.05, 0.1) is 6.10 Å². The Kier molecular flexibility index (Phi) is 3.93. The highest BCUT2D eigenvalue weighted by atomic mass is 35.5. The van der Waals surface area contributed by atoms with E-state index in [4.69, 9.17) is 16.3 Å². The summed E-state index contributed by atoms with van der Waals surface area (Å²) >= 11 is 6.34. The number of rotatable bonds is 2. The van der Waals surface area contributed by atoms with Crippen LogP contribution in [0.1, 0.15) is 51.7 Å². The monoisotopic (exact) mass is 365 g/mol. The third kappa shape index (κ3) is 2.44. The SMILES string of the molecule is CC(=O)N[C@H]1C(C)(C)[C@@H]2C[C@@H]3[C@@H](c4ccc(F)cc4Cl)OCC[C@@]31C2. The molecule has 1 heterocycles. The summed E-state index contributed by atoms with van der Waals surface area (Å²) in [5.41, 5.74) is 0.996. The molecule has 136 valence electrons. The standard InChI is InChI=1S/C20H25ClFNO2/c1-11(24)23-18-19(2,3)12-8-15-17(25-7-6-20(15,18)10-12)14-5-4-13(22)9-16(14)21/h4-5,9,12,15,17-18H,6-8,10H2,1-3H3,(H,23,24)/t12-,15-,17-,18+,20-/m1/s1. The van der Waals surface area contributed by atoms with Crippen LogP contribution in [0.2, 0.25) is 5.02 Å². The molecule has 4 rings (SSSR count). The van der Waals surface area contributed by atoms with Gasteiger partial charge in [0.1, 0.15) is 5.82 Å². The maximum absolute atomic E-state index is 13.5. The fraction of sp³-hybridized carbons (Fsp3) is 0.650. The Morgan fingerprint density at radius 1 is 1.40 bits per heavy atom. The zero-order valence-electron chi connectivity index (χ0n) is 14.9. The Morgan fingerprint density at radius 3 is 2.84 bits per heavy atom. The van der Waals surface area contributed by atoms with Crippen LogP contribution in [0.5, 0.6) is 0 Å². The quantitative estimate of drug-likeness (QED) is 0.838. The average molecular weight is 366 g/mol. The Balaban J connectivity index is 1.73. The first-order valence-corrected chi connectivity index (χ1v) is 9.47. The zero-order chi connectivity index (χ0) is 18.0. The van der Waals surface area contributed by atoms with Crippen molar-refractivity contribution >= 4 is 17.5 Å². The van der Waals surface area contributed by atoms with E-state index in [1.807, 2.05) is 0 Å². The van der Waals surface area contributed by atoms with Gasteiger partial charge in [0.15, 0.2) is 0 Å².